The lowest BCUT2D eigenvalue weighted by molar-refractivity contribution is -0.112. The standard InChI is InChI=1S/C17H16F2N4O/c1-21-7-6-15(20)17(24)23-16-5-3-12(10-22-16)8-11-2-4-13(18)14(19)9-11/h2-7,9-10H,8,20H2,1H3,(H,22,23,24). The van der Waals surface area contributed by atoms with E-state index >= 15 is 0 Å². The molecule has 5 nitrogen and oxygen atoms in total. The number of carbonyl (C=O) groups is 1. The van der Waals surface area contributed by atoms with Gasteiger partial charge in [0.2, 0.25) is 0 Å². The molecule has 0 saturated heterocycles. The molecule has 0 aliphatic heterocycles. The van der Waals surface area contributed by atoms with E-state index < -0.39 is 17.5 Å². The van der Waals surface area contributed by atoms with Gasteiger partial charge in [-0.25, -0.2) is 13.8 Å². The van der Waals surface area contributed by atoms with Gasteiger partial charge in [0.05, 0.1) is 5.70 Å². The summed E-state index contributed by atoms with van der Waals surface area (Å²) < 4.78 is 26.1. The maximum absolute atomic E-state index is 13.2. The predicted molar refractivity (Wildman–Crippen MR) is 88.7 cm³/mol. The number of aromatic nitrogens is 1. The third-order valence-electron chi connectivity index (χ3n) is 3.12. The first-order valence-electron chi connectivity index (χ1n) is 7.07. The molecule has 0 radical (unpaired) electrons. The number of halogens is 2. The maximum atomic E-state index is 13.2. The lowest BCUT2D eigenvalue weighted by Crippen LogP contribution is -2.20. The van der Waals surface area contributed by atoms with Crippen LogP contribution in [0.5, 0.6) is 0 Å². The van der Waals surface area contributed by atoms with E-state index in [9.17, 15) is 13.6 Å². The molecule has 1 amide bonds. The molecule has 0 aliphatic rings. The van der Waals surface area contributed by atoms with E-state index in [1.54, 1.807) is 25.4 Å². The summed E-state index contributed by atoms with van der Waals surface area (Å²) in [5.41, 5.74) is 7.00. The van der Waals surface area contributed by atoms with E-state index in [0.29, 0.717) is 17.8 Å². The van der Waals surface area contributed by atoms with Crippen LogP contribution in [0.4, 0.5) is 14.6 Å². The molecule has 3 N–H and O–H groups in total. The number of pyridine rings is 1. The van der Waals surface area contributed by atoms with Crippen molar-refractivity contribution in [2.24, 2.45) is 10.7 Å². The number of allylic oxidation sites excluding steroid dienone is 1. The number of nitrogens with one attached hydrogen (secondary N) is 1. The number of hydrogen-bond acceptors (Lipinski definition) is 4. The summed E-state index contributed by atoms with van der Waals surface area (Å²) in [5, 5.41) is 2.54. The normalized spacial score (nSPS) is 11.7. The minimum absolute atomic E-state index is 0.00765. The van der Waals surface area contributed by atoms with Crippen LogP contribution in [0.3, 0.4) is 0 Å². The van der Waals surface area contributed by atoms with E-state index in [2.05, 4.69) is 15.3 Å². The fourth-order valence-corrected chi connectivity index (χ4v) is 1.91. The monoisotopic (exact) mass is 330 g/mol. The maximum Gasteiger partial charge on any atom is 0.272 e. The Labute approximate surface area is 137 Å². The fourth-order valence-electron chi connectivity index (χ4n) is 1.91. The van der Waals surface area contributed by atoms with Crippen molar-refractivity contribution < 1.29 is 13.6 Å². The number of aliphatic imine (C=N–C) groups is 1. The zero-order chi connectivity index (χ0) is 17.5. The number of nitrogens with zero attached hydrogens (tertiary/aromatic N) is 2. The molecular formula is C17H16F2N4O. The van der Waals surface area contributed by atoms with Gasteiger partial charge in [-0.15, -0.1) is 0 Å². The molecule has 0 bridgehead atoms. The summed E-state index contributed by atoms with van der Waals surface area (Å²) in [6.07, 6.45) is 4.73. The van der Waals surface area contributed by atoms with Crippen LogP contribution >= 0.6 is 0 Å². The van der Waals surface area contributed by atoms with Crippen LogP contribution in [0.2, 0.25) is 0 Å². The summed E-state index contributed by atoms with van der Waals surface area (Å²) >= 11 is 0. The van der Waals surface area contributed by atoms with Gasteiger partial charge >= 0.3 is 0 Å². The highest BCUT2D eigenvalue weighted by Crippen LogP contribution is 2.14. The Hall–Kier alpha value is -3.09. The van der Waals surface area contributed by atoms with Crippen LogP contribution < -0.4 is 11.1 Å². The van der Waals surface area contributed by atoms with Crippen molar-refractivity contribution in [1.82, 2.24) is 4.98 Å². The molecule has 1 aromatic carbocycles. The van der Waals surface area contributed by atoms with Gasteiger partial charge in [0, 0.05) is 19.5 Å². The lowest BCUT2D eigenvalue weighted by atomic mass is 10.1. The second-order valence-electron chi connectivity index (χ2n) is 4.96. The molecule has 7 heteroatoms. The number of nitrogens with two attached hydrogens (primary N) is 1. The van der Waals surface area contributed by atoms with Crippen molar-refractivity contribution >= 4 is 17.9 Å². The smallest absolute Gasteiger partial charge is 0.272 e. The van der Waals surface area contributed by atoms with E-state index in [0.717, 1.165) is 17.7 Å². The van der Waals surface area contributed by atoms with Gasteiger partial charge in [0.25, 0.3) is 5.91 Å². The number of anilines is 1. The van der Waals surface area contributed by atoms with Gasteiger partial charge in [-0.3, -0.25) is 9.79 Å². The van der Waals surface area contributed by atoms with E-state index in [1.165, 1.54) is 18.4 Å². The van der Waals surface area contributed by atoms with Gasteiger partial charge in [-0.1, -0.05) is 12.1 Å². The Bertz CT molecular complexity index is 786. The average molecular weight is 330 g/mol. The second-order valence-corrected chi connectivity index (χ2v) is 4.96. The average Bonchev–Trinajstić information content (AvgIpc) is 2.57. The van der Waals surface area contributed by atoms with Crippen molar-refractivity contribution in [2.45, 2.75) is 6.42 Å². The van der Waals surface area contributed by atoms with Gasteiger partial charge < -0.3 is 11.1 Å². The van der Waals surface area contributed by atoms with Crippen molar-refractivity contribution in [1.29, 1.82) is 0 Å². The summed E-state index contributed by atoms with van der Waals surface area (Å²) in [6.45, 7) is 0. The van der Waals surface area contributed by atoms with E-state index in [-0.39, 0.29) is 5.70 Å². The second kappa shape index (κ2) is 7.96. The van der Waals surface area contributed by atoms with E-state index in [4.69, 9.17) is 5.73 Å². The molecule has 0 fully saturated rings. The molecular weight excluding hydrogens is 314 g/mol. The third kappa shape index (κ3) is 4.70. The molecule has 24 heavy (non-hydrogen) atoms. The number of hydrogen-bond donors (Lipinski definition) is 2. The van der Waals surface area contributed by atoms with Crippen LogP contribution in [-0.4, -0.2) is 24.2 Å². The number of amides is 1. The Morgan fingerprint density at radius 2 is 2.00 bits per heavy atom. The fraction of sp³-hybridized carbons (Fsp3) is 0.118. The van der Waals surface area contributed by atoms with Crippen molar-refractivity contribution in [2.75, 3.05) is 12.4 Å². The molecule has 0 atom stereocenters. The van der Waals surface area contributed by atoms with Crippen LogP contribution in [-0.2, 0) is 11.2 Å². The Morgan fingerprint density at radius 1 is 1.25 bits per heavy atom. The predicted octanol–water partition coefficient (Wildman–Crippen LogP) is 2.43. The first-order chi connectivity index (χ1) is 11.5. The SMILES string of the molecule is CN=CC=C(N)C(=O)Nc1ccc(Cc2ccc(F)c(F)c2)cn1. The number of rotatable bonds is 5. The summed E-state index contributed by atoms with van der Waals surface area (Å²) in [5.74, 6) is -1.93. The topological polar surface area (TPSA) is 80.4 Å². The Balaban J connectivity index is 2.02. The molecule has 0 unspecified atom stereocenters. The molecule has 0 saturated carbocycles. The summed E-state index contributed by atoms with van der Waals surface area (Å²) in [4.78, 5) is 19.6. The van der Waals surface area contributed by atoms with Crippen molar-refractivity contribution in [3.05, 3.63) is 71.1 Å². The van der Waals surface area contributed by atoms with Crippen molar-refractivity contribution in [3.63, 3.8) is 0 Å². The first kappa shape index (κ1) is 17.3. The highest BCUT2D eigenvalue weighted by atomic mass is 19.2. The van der Waals surface area contributed by atoms with Gasteiger partial charge in [0.1, 0.15) is 5.82 Å². The zero-order valence-electron chi connectivity index (χ0n) is 13.0. The first-order valence-corrected chi connectivity index (χ1v) is 7.07. The molecule has 1 heterocycles. The number of carbonyl (C=O) groups excluding carboxylic acids is 1. The Morgan fingerprint density at radius 3 is 2.62 bits per heavy atom. The Kier molecular flexibility index (Phi) is 5.73. The molecule has 0 spiro atoms. The molecule has 2 aromatic rings. The molecule has 1 aromatic heterocycles. The van der Waals surface area contributed by atoms with Gasteiger partial charge in [-0.2, -0.15) is 0 Å². The van der Waals surface area contributed by atoms with Crippen LogP contribution in [0.15, 0.2) is 53.3 Å². The molecule has 2 rings (SSSR count). The number of benzene rings is 1. The minimum atomic E-state index is -0.887. The van der Waals surface area contributed by atoms with Crippen LogP contribution in [0.1, 0.15) is 11.1 Å². The summed E-state index contributed by atoms with van der Waals surface area (Å²) in [6, 6.07) is 7.08. The zero-order valence-corrected chi connectivity index (χ0v) is 13.0. The largest absolute Gasteiger partial charge is 0.394 e. The minimum Gasteiger partial charge on any atom is -0.394 e. The van der Waals surface area contributed by atoms with Crippen LogP contribution in [0, 0.1) is 11.6 Å². The quantitative estimate of drug-likeness (QED) is 0.653. The van der Waals surface area contributed by atoms with E-state index in [1.807, 2.05) is 0 Å². The highest BCUT2D eigenvalue weighted by Gasteiger charge is 2.07. The molecule has 0 aliphatic carbocycles. The third-order valence-corrected chi connectivity index (χ3v) is 3.12. The summed E-state index contributed by atoms with van der Waals surface area (Å²) in [7, 11) is 1.56. The lowest BCUT2D eigenvalue weighted by Gasteiger charge is -2.06. The van der Waals surface area contributed by atoms with Crippen molar-refractivity contribution in [3.8, 4) is 0 Å². The van der Waals surface area contributed by atoms with Crippen LogP contribution in [0.25, 0.3) is 0 Å². The highest BCUT2D eigenvalue weighted by molar-refractivity contribution is 6.04. The molecule has 124 valence electrons. The van der Waals surface area contributed by atoms with Gasteiger partial charge in [-0.05, 0) is 41.8 Å². The van der Waals surface area contributed by atoms with Gasteiger partial charge in [0.15, 0.2) is 11.6 Å².